The van der Waals surface area contributed by atoms with Crippen LogP contribution in [0.25, 0.3) is 0 Å². The van der Waals surface area contributed by atoms with Gasteiger partial charge < -0.3 is 10.1 Å². The lowest BCUT2D eigenvalue weighted by molar-refractivity contribution is 0.0527. The molecule has 0 aromatic heterocycles. The highest BCUT2D eigenvalue weighted by atomic mass is 32.2. The smallest absolute Gasteiger partial charge is 0.340 e. The molecule has 0 bridgehead atoms. The Labute approximate surface area is 128 Å². The van der Waals surface area contributed by atoms with Gasteiger partial charge >= 0.3 is 5.97 Å². The van der Waals surface area contributed by atoms with E-state index in [1.54, 1.807) is 6.07 Å². The van der Waals surface area contributed by atoms with Crippen LogP contribution in [-0.4, -0.2) is 18.3 Å². The maximum atomic E-state index is 12.0. The van der Waals surface area contributed by atoms with Crippen molar-refractivity contribution in [2.24, 2.45) is 0 Å². The Hall–Kier alpha value is -1.94. The summed E-state index contributed by atoms with van der Waals surface area (Å²) in [6, 6.07) is 16.1. The minimum absolute atomic E-state index is 0.224. The monoisotopic (exact) mass is 299 g/mol. The van der Waals surface area contributed by atoms with E-state index in [9.17, 15) is 4.79 Å². The Morgan fingerprint density at radius 3 is 2.86 bits per heavy atom. The molecule has 0 aliphatic carbocycles. The topological polar surface area (TPSA) is 38.3 Å². The van der Waals surface area contributed by atoms with Crippen molar-refractivity contribution in [3.05, 3.63) is 59.7 Å². The molecule has 2 aromatic rings. The predicted molar refractivity (Wildman–Crippen MR) is 85.9 cm³/mol. The molecule has 4 heteroatoms. The molecule has 0 radical (unpaired) electrons. The lowest BCUT2D eigenvalue weighted by Crippen LogP contribution is -2.14. The van der Waals surface area contributed by atoms with Crippen molar-refractivity contribution in [1.82, 2.24) is 0 Å². The number of para-hydroxylation sites is 1. The van der Waals surface area contributed by atoms with Crippen LogP contribution >= 0.6 is 11.8 Å². The summed E-state index contributed by atoms with van der Waals surface area (Å²) in [6.07, 6.45) is 0. The summed E-state index contributed by atoms with van der Waals surface area (Å²) in [5.74, 6) is 0.691. The van der Waals surface area contributed by atoms with Crippen molar-refractivity contribution in [1.29, 1.82) is 0 Å². The number of hydrogen-bond acceptors (Lipinski definition) is 4. The van der Waals surface area contributed by atoms with Gasteiger partial charge in [-0.25, -0.2) is 4.79 Å². The van der Waals surface area contributed by atoms with E-state index in [1.165, 1.54) is 10.5 Å². The van der Waals surface area contributed by atoms with Gasteiger partial charge in [0.1, 0.15) is 0 Å². The number of thioether (sulfide) groups is 1. The van der Waals surface area contributed by atoms with Crippen molar-refractivity contribution in [2.45, 2.75) is 17.9 Å². The van der Waals surface area contributed by atoms with Crippen molar-refractivity contribution >= 4 is 23.4 Å². The summed E-state index contributed by atoms with van der Waals surface area (Å²) in [6.45, 7) is 2.20. The molecule has 0 saturated carbocycles. The largest absolute Gasteiger partial charge is 0.462 e. The fourth-order valence-corrected chi connectivity index (χ4v) is 3.63. The second kappa shape index (κ2) is 6.22. The van der Waals surface area contributed by atoms with E-state index in [-0.39, 0.29) is 12.0 Å². The maximum absolute atomic E-state index is 12.0. The van der Waals surface area contributed by atoms with Crippen molar-refractivity contribution < 1.29 is 9.53 Å². The summed E-state index contributed by atoms with van der Waals surface area (Å²) in [4.78, 5) is 13.3. The van der Waals surface area contributed by atoms with E-state index in [0.717, 1.165) is 11.4 Å². The minimum atomic E-state index is -0.278. The number of carbonyl (C=O) groups is 1. The van der Waals surface area contributed by atoms with Crippen LogP contribution in [0.2, 0.25) is 0 Å². The molecule has 21 heavy (non-hydrogen) atoms. The number of rotatable bonds is 4. The van der Waals surface area contributed by atoms with Gasteiger partial charge in [-0.3, -0.25) is 0 Å². The molecule has 1 aliphatic rings. The van der Waals surface area contributed by atoms with Crippen LogP contribution in [0.15, 0.2) is 53.4 Å². The third kappa shape index (κ3) is 2.90. The highest BCUT2D eigenvalue weighted by Gasteiger charge is 2.24. The van der Waals surface area contributed by atoms with E-state index < -0.39 is 0 Å². The van der Waals surface area contributed by atoms with Gasteiger partial charge in [0.2, 0.25) is 0 Å². The number of carbonyl (C=O) groups excluding carboxylic acids is 1. The highest BCUT2D eigenvalue weighted by Crippen LogP contribution is 2.39. The Morgan fingerprint density at radius 2 is 2.00 bits per heavy atom. The quantitative estimate of drug-likeness (QED) is 0.862. The van der Waals surface area contributed by atoms with Crippen molar-refractivity contribution in [3.63, 3.8) is 0 Å². The zero-order valence-electron chi connectivity index (χ0n) is 11.8. The molecule has 1 atom stereocenters. The summed E-state index contributed by atoms with van der Waals surface area (Å²) >= 11 is 1.84. The van der Waals surface area contributed by atoms with Crippen LogP contribution in [-0.2, 0) is 4.74 Å². The van der Waals surface area contributed by atoms with Gasteiger partial charge in [0.15, 0.2) is 0 Å². The first kappa shape index (κ1) is 14.0. The second-order valence-corrected chi connectivity index (χ2v) is 5.87. The number of anilines is 1. The number of nitrogens with one attached hydrogen (secondary N) is 1. The number of ether oxygens (including phenoxy) is 1. The molecule has 0 amide bonds. The Morgan fingerprint density at radius 1 is 1.24 bits per heavy atom. The van der Waals surface area contributed by atoms with Crippen molar-refractivity contribution in [3.8, 4) is 0 Å². The fourth-order valence-electron chi connectivity index (χ4n) is 2.47. The third-order valence-corrected chi connectivity index (χ3v) is 4.63. The Balaban J connectivity index is 1.85. The summed E-state index contributed by atoms with van der Waals surface area (Å²) in [5, 5.41) is 3.48. The van der Waals surface area contributed by atoms with Crippen LogP contribution in [0.1, 0.15) is 28.9 Å². The molecule has 3 rings (SSSR count). The first-order valence-corrected chi connectivity index (χ1v) is 8.02. The van der Waals surface area contributed by atoms with Gasteiger partial charge in [-0.05, 0) is 30.7 Å². The Kier molecular flexibility index (Phi) is 4.15. The van der Waals surface area contributed by atoms with E-state index in [2.05, 4.69) is 29.6 Å². The van der Waals surface area contributed by atoms with Crippen LogP contribution < -0.4 is 5.32 Å². The third-order valence-electron chi connectivity index (χ3n) is 3.45. The summed E-state index contributed by atoms with van der Waals surface area (Å²) < 4.78 is 5.12. The van der Waals surface area contributed by atoms with Gasteiger partial charge in [-0.15, -0.1) is 11.8 Å². The highest BCUT2D eigenvalue weighted by molar-refractivity contribution is 7.99. The zero-order valence-corrected chi connectivity index (χ0v) is 12.7. The molecule has 1 unspecified atom stereocenters. The van der Waals surface area contributed by atoms with Gasteiger partial charge in [-0.2, -0.15) is 0 Å². The van der Waals surface area contributed by atoms with E-state index >= 15 is 0 Å². The van der Waals surface area contributed by atoms with Crippen LogP contribution in [0.4, 0.5) is 5.69 Å². The van der Waals surface area contributed by atoms with Crippen LogP contribution in [0.5, 0.6) is 0 Å². The van der Waals surface area contributed by atoms with Crippen LogP contribution in [0.3, 0.4) is 0 Å². The van der Waals surface area contributed by atoms with Gasteiger partial charge in [0.25, 0.3) is 0 Å². The minimum Gasteiger partial charge on any atom is -0.462 e. The zero-order chi connectivity index (χ0) is 14.7. The first-order valence-electron chi connectivity index (χ1n) is 7.04. The molecule has 1 N–H and O–H groups in total. The maximum Gasteiger partial charge on any atom is 0.340 e. The molecular weight excluding hydrogens is 282 g/mol. The number of benzene rings is 2. The molecule has 0 spiro atoms. The number of fused-ring (bicyclic) bond motifs is 1. The van der Waals surface area contributed by atoms with E-state index in [1.807, 2.05) is 36.9 Å². The van der Waals surface area contributed by atoms with Crippen LogP contribution in [0, 0.1) is 0 Å². The van der Waals surface area contributed by atoms with Gasteiger partial charge in [-0.1, -0.05) is 30.3 Å². The lowest BCUT2D eigenvalue weighted by Gasteiger charge is -2.17. The molecule has 1 heterocycles. The van der Waals surface area contributed by atoms with E-state index in [4.69, 9.17) is 4.74 Å². The first-order chi connectivity index (χ1) is 10.3. The average molecular weight is 299 g/mol. The molecule has 0 fully saturated rings. The molecule has 1 aliphatic heterocycles. The summed E-state index contributed by atoms with van der Waals surface area (Å²) in [7, 11) is 0. The Bertz CT molecular complexity index is 657. The van der Waals surface area contributed by atoms with Gasteiger partial charge in [0.05, 0.1) is 18.2 Å². The molecule has 0 saturated heterocycles. The fraction of sp³-hybridized carbons (Fsp3) is 0.235. The molecule has 3 nitrogen and oxygen atoms in total. The molecule has 108 valence electrons. The van der Waals surface area contributed by atoms with Crippen molar-refractivity contribution in [2.75, 3.05) is 17.7 Å². The number of esters is 1. The standard InChI is InChI=1S/C17H17NO2S/c1-2-20-17(19)13-8-3-5-9-14(13)18-15-11-21-16-10-6-4-7-12(15)16/h3-10,15,18H,2,11H2,1H3. The number of hydrogen-bond donors (Lipinski definition) is 1. The SMILES string of the molecule is CCOC(=O)c1ccccc1NC1CSc2ccccc21. The molecular formula is C17H17NO2S. The predicted octanol–water partition coefficient (Wildman–Crippen LogP) is 4.12. The summed E-state index contributed by atoms with van der Waals surface area (Å²) in [5.41, 5.74) is 2.72. The average Bonchev–Trinajstić information content (AvgIpc) is 2.91. The van der Waals surface area contributed by atoms with E-state index in [0.29, 0.717) is 12.2 Å². The molecule has 2 aromatic carbocycles. The van der Waals surface area contributed by atoms with Gasteiger partial charge in [0, 0.05) is 16.3 Å². The lowest BCUT2D eigenvalue weighted by atomic mass is 10.1. The normalized spacial score (nSPS) is 16.3. The second-order valence-electron chi connectivity index (χ2n) is 4.81.